The van der Waals surface area contributed by atoms with Crippen LogP contribution in [-0.4, -0.2) is 23.0 Å². The molecule has 0 aliphatic carbocycles. The highest BCUT2D eigenvalue weighted by atomic mass is 15.2. The summed E-state index contributed by atoms with van der Waals surface area (Å²) in [5.41, 5.74) is 0. The summed E-state index contributed by atoms with van der Waals surface area (Å²) in [6.45, 7) is 9.00. The monoisotopic (exact) mass is 139 g/mol. The first-order valence-corrected chi connectivity index (χ1v) is 4.08. The Morgan fingerprint density at radius 2 is 1.50 bits per heavy atom. The van der Waals surface area contributed by atoms with Crippen LogP contribution in [0, 0.1) is 0 Å². The van der Waals surface area contributed by atoms with Gasteiger partial charge >= 0.3 is 0 Å². The quantitative estimate of drug-likeness (QED) is 0.502. The van der Waals surface area contributed by atoms with Crippen LogP contribution >= 0.6 is 0 Å². The minimum atomic E-state index is 0.634. The Hall–Kier alpha value is -0.300. The minimum Gasteiger partial charge on any atom is -0.289 e. The van der Waals surface area contributed by atoms with Gasteiger partial charge in [-0.05, 0) is 27.7 Å². The molecule has 10 heavy (non-hydrogen) atoms. The molecule has 2 atom stereocenters. The van der Waals surface area contributed by atoms with Gasteiger partial charge in [0, 0.05) is 18.1 Å². The lowest BCUT2D eigenvalue weighted by atomic mass is 10.2. The Labute approximate surface area is 63.7 Å². The molecule has 0 saturated carbocycles. The van der Waals surface area contributed by atoms with Crippen LogP contribution in [0.3, 0.4) is 0 Å². The van der Waals surface area contributed by atoms with Crippen LogP contribution in [-0.2, 0) is 0 Å². The summed E-state index contributed by atoms with van der Waals surface area (Å²) in [5, 5.41) is 0. The lowest BCUT2D eigenvalue weighted by Gasteiger charge is -2.30. The highest BCUT2D eigenvalue weighted by molar-refractivity contribution is 5.07. The Morgan fingerprint density at radius 3 is 1.70 bits per heavy atom. The highest BCUT2D eigenvalue weighted by Crippen LogP contribution is 2.18. The summed E-state index contributed by atoms with van der Waals surface area (Å²) >= 11 is 0. The van der Waals surface area contributed by atoms with Gasteiger partial charge in [-0.25, -0.2) is 0 Å². The molecule has 58 valence electrons. The van der Waals surface area contributed by atoms with Gasteiger partial charge in [0.25, 0.3) is 0 Å². The average molecular weight is 139 g/mol. The predicted molar refractivity (Wildman–Crippen MR) is 45.0 cm³/mol. The topological polar surface area (TPSA) is 3.24 Å². The minimum absolute atomic E-state index is 0.634. The summed E-state index contributed by atoms with van der Waals surface area (Å²) < 4.78 is 0. The maximum absolute atomic E-state index is 2.50. The molecule has 0 aromatic heterocycles. The Bertz CT molecular complexity index is 126. The molecule has 0 aromatic carbocycles. The second-order valence-electron chi connectivity index (χ2n) is 3.41. The van der Waals surface area contributed by atoms with E-state index in [-0.39, 0.29) is 0 Å². The van der Waals surface area contributed by atoms with Crippen LogP contribution in [0.4, 0.5) is 0 Å². The summed E-state index contributed by atoms with van der Waals surface area (Å²) in [7, 11) is 0. The molecule has 1 nitrogen and oxygen atoms in total. The summed E-state index contributed by atoms with van der Waals surface area (Å²) in [5.74, 6) is 0. The van der Waals surface area contributed by atoms with Crippen molar-refractivity contribution >= 4 is 0 Å². The van der Waals surface area contributed by atoms with Crippen LogP contribution in [0.1, 0.15) is 27.7 Å². The molecular formula is C9H17N. The van der Waals surface area contributed by atoms with Gasteiger partial charge in [0.15, 0.2) is 0 Å². The number of hydrogen-bond donors (Lipinski definition) is 0. The predicted octanol–water partition coefficient (Wildman–Crippen LogP) is 2.04. The zero-order chi connectivity index (χ0) is 7.72. The number of hydrogen-bond acceptors (Lipinski definition) is 1. The van der Waals surface area contributed by atoms with E-state index >= 15 is 0 Å². The zero-order valence-corrected chi connectivity index (χ0v) is 7.33. The van der Waals surface area contributed by atoms with E-state index in [0.717, 1.165) is 0 Å². The molecule has 1 heteroatoms. The van der Waals surface area contributed by atoms with Crippen LogP contribution in [0.25, 0.3) is 0 Å². The molecule has 1 rings (SSSR count). The summed E-state index contributed by atoms with van der Waals surface area (Å²) in [6.07, 6.45) is 4.56. The van der Waals surface area contributed by atoms with Gasteiger partial charge in [-0.15, -0.1) is 0 Å². The molecule has 0 aromatic rings. The fraction of sp³-hybridized carbons (Fsp3) is 0.778. The molecule has 0 N–H and O–H groups in total. The van der Waals surface area contributed by atoms with Gasteiger partial charge in [0.1, 0.15) is 0 Å². The van der Waals surface area contributed by atoms with Crippen LogP contribution < -0.4 is 0 Å². The van der Waals surface area contributed by atoms with Gasteiger partial charge in [-0.2, -0.15) is 0 Å². The normalized spacial score (nSPS) is 34.1. The highest BCUT2D eigenvalue weighted by Gasteiger charge is 2.23. The molecule has 0 saturated heterocycles. The first-order chi connectivity index (χ1) is 4.63. The third-order valence-electron chi connectivity index (χ3n) is 2.20. The average Bonchev–Trinajstić information content (AvgIpc) is 2.11. The van der Waals surface area contributed by atoms with Crippen molar-refractivity contribution in [2.45, 2.75) is 45.8 Å². The fourth-order valence-corrected chi connectivity index (χ4v) is 1.83. The van der Waals surface area contributed by atoms with Gasteiger partial charge in [-0.1, -0.05) is 12.2 Å². The first kappa shape index (κ1) is 7.80. The second-order valence-corrected chi connectivity index (χ2v) is 3.41. The molecule has 1 aliphatic heterocycles. The standard InChI is InChI=1S/C9H17N/c1-7(2)10-8(3)5-6-9(10)4/h5-9H,1-4H3. The maximum atomic E-state index is 2.50. The Balaban J connectivity index is 2.60. The van der Waals surface area contributed by atoms with Crippen molar-refractivity contribution in [2.75, 3.05) is 0 Å². The van der Waals surface area contributed by atoms with Crippen molar-refractivity contribution in [1.82, 2.24) is 4.90 Å². The van der Waals surface area contributed by atoms with Crippen molar-refractivity contribution in [3.8, 4) is 0 Å². The molecule has 1 heterocycles. The van der Waals surface area contributed by atoms with E-state index in [9.17, 15) is 0 Å². The van der Waals surface area contributed by atoms with E-state index in [4.69, 9.17) is 0 Å². The number of nitrogens with zero attached hydrogens (tertiary/aromatic N) is 1. The van der Waals surface area contributed by atoms with Crippen molar-refractivity contribution < 1.29 is 0 Å². The maximum Gasteiger partial charge on any atom is 0.0258 e. The molecule has 0 fully saturated rings. The summed E-state index contributed by atoms with van der Waals surface area (Å²) in [6, 6.07) is 1.94. The van der Waals surface area contributed by atoms with E-state index in [1.807, 2.05) is 0 Å². The molecule has 0 amide bonds. The van der Waals surface area contributed by atoms with Crippen molar-refractivity contribution in [2.24, 2.45) is 0 Å². The SMILES string of the molecule is CC(C)N1C(C)C=CC1C. The van der Waals surface area contributed by atoms with Crippen molar-refractivity contribution in [3.63, 3.8) is 0 Å². The van der Waals surface area contributed by atoms with Gasteiger partial charge in [0.05, 0.1) is 0 Å². The summed E-state index contributed by atoms with van der Waals surface area (Å²) in [4.78, 5) is 2.50. The second kappa shape index (κ2) is 2.75. The van der Waals surface area contributed by atoms with Gasteiger partial charge < -0.3 is 0 Å². The molecule has 0 spiro atoms. The Morgan fingerprint density at radius 1 is 1.10 bits per heavy atom. The van der Waals surface area contributed by atoms with E-state index < -0.39 is 0 Å². The van der Waals surface area contributed by atoms with Crippen LogP contribution in [0.2, 0.25) is 0 Å². The molecular weight excluding hydrogens is 122 g/mol. The first-order valence-electron chi connectivity index (χ1n) is 4.08. The fourth-order valence-electron chi connectivity index (χ4n) is 1.83. The van der Waals surface area contributed by atoms with Gasteiger partial charge in [-0.3, -0.25) is 4.90 Å². The van der Waals surface area contributed by atoms with E-state index in [0.29, 0.717) is 18.1 Å². The molecule has 0 radical (unpaired) electrons. The third kappa shape index (κ3) is 1.24. The van der Waals surface area contributed by atoms with Crippen molar-refractivity contribution in [1.29, 1.82) is 0 Å². The van der Waals surface area contributed by atoms with Crippen molar-refractivity contribution in [3.05, 3.63) is 12.2 Å². The third-order valence-corrected chi connectivity index (χ3v) is 2.20. The zero-order valence-electron chi connectivity index (χ0n) is 7.33. The molecule has 1 aliphatic rings. The van der Waals surface area contributed by atoms with Gasteiger partial charge in [0.2, 0.25) is 0 Å². The van der Waals surface area contributed by atoms with Crippen LogP contribution in [0.15, 0.2) is 12.2 Å². The largest absolute Gasteiger partial charge is 0.289 e. The lowest BCUT2D eigenvalue weighted by molar-refractivity contribution is 0.181. The molecule has 0 bridgehead atoms. The Kier molecular flexibility index (Phi) is 2.14. The molecule has 2 unspecified atom stereocenters. The van der Waals surface area contributed by atoms with Crippen LogP contribution in [0.5, 0.6) is 0 Å². The lowest BCUT2D eigenvalue weighted by Crippen LogP contribution is -2.39. The van der Waals surface area contributed by atoms with E-state index in [1.54, 1.807) is 0 Å². The smallest absolute Gasteiger partial charge is 0.0258 e. The van der Waals surface area contributed by atoms with E-state index in [1.165, 1.54) is 0 Å². The number of rotatable bonds is 1. The van der Waals surface area contributed by atoms with E-state index in [2.05, 4.69) is 44.7 Å².